The minimum atomic E-state index is -0.385. The third kappa shape index (κ3) is 3.74. The number of aryl methyl sites for hydroxylation is 1. The number of nitrogens with one attached hydrogen (secondary N) is 2. The molecule has 1 aromatic rings. The van der Waals surface area contributed by atoms with E-state index in [2.05, 4.69) is 28.8 Å². The summed E-state index contributed by atoms with van der Waals surface area (Å²) in [6, 6.07) is 8.04. The molecule has 23 heavy (non-hydrogen) atoms. The van der Waals surface area contributed by atoms with Crippen molar-refractivity contribution in [1.82, 2.24) is 10.6 Å². The molecular formula is C19H26N2O2. The molecule has 2 aliphatic carbocycles. The fourth-order valence-corrected chi connectivity index (χ4v) is 4.07. The Hall–Kier alpha value is -1.84. The van der Waals surface area contributed by atoms with Crippen molar-refractivity contribution >= 4 is 11.8 Å². The lowest BCUT2D eigenvalue weighted by Crippen LogP contribution is -2.50. The molecule has 0 radical (unpaired) electrons. The van der Waals surface area contributed by atoms with Crippen LogP contribution in [-0.4, -0.2) is 17.9 Å². The summed E-state index contributed by atoms with van der Waals surface area (Å²) >= 11 is 0. The van der Waals surface area contributed by atoms with Gasteiger partial charge in [0.2, 0.25) is 11.8 Å². The molecule has 0 saturated heterocycles. The van der Waals surface area contributed by atoms with E-state index in [0.29, 0.717) is 0 Å². The number of amides is 2. The maximum absolute atomic E-state index is 12.8. The van der Waals surface area contributed by atoms with E-state index in [1.54, 1.807) is 0 Å². The van der Waals surface area contributed by atoms with E-state index < -0.39 is 0 Å². The molecule has 0 aromatic heterocycles. The fraction of sp³-hybridized carbons (Fsp3) is 0.579. The van der Waals surface area contributed by atoms with Gasteiger partial charge in [0.1, 0.15) is 6.04 Å². The van der Waals surface area contributed by atoms with Crippen LogP contribution in [0.1, 0.15) is 62.6 Å². The number of rotatable bonds is 4. The number of benzene rings is 1. The van der Waals surface area contributed by atoms with E-state index in [9.17, 15) is 9.59 Å². The summed E-state index contributed by atoms with van der Waals surface area (Å²) in [6.45, 7) is 1.49. The van der Waals surface area contributed by atoms with Gasteiger partial charge in [0, 0.05) is 6.92 Å². The van der Waals surface area contributed by atoms with Crippen LogP contribution >= 0.6 is 0 Å². The molecule has 2 atom stereocenters. The first kappa shape index (κ1) is 16.0. The standard InChI is InChI=1S/C19H26N2O2/c1-13(22)20-18(15-8-2-3-9-15)19(23)21-17-12-6-10-14-7-4-5-11-16(14)17/h4-5,7,11,15,17-18H,2-3,6,8-10,12H2,1H3,(H,20,22)(H,21,23). The average molecular weight is 314 g/mol. The minimum absolute atomic E-state index is 0.0196. The topological polar surface area (TPSA) is 58.2 Å². The highest BCUT2D eigenvalue weighted by atomic mass is 16.2. The molecule has 1 saturated carbocycles. The Bertz CT molecular complexity index is 578. The molecule has 1 fully saturated rings. The maximum Gasteiger partial charge on any atom is 0.243 e. The zero-order valence-electron chi connectivity index (χ0n) is 13.8. The van der Waals surface area contributed by atoms with E-state index in [0.717, 1.165) is 44.9 Å². The molecule has 2 N–H and O–H groups in total. The van der Waals surface area contributed by atoms with Crippen molar-refractivity contribution in [3.63, 3.8) is 0 Å². The molecule has 0 aliphatic heterocycles. The third-order valence-electron chi connectivity index (χ3n) is 5.20. The molecule has 0 heterocycles. The first-order valence-corrected chi connectivity index (χ1v) is 8.80. The van der Waals surface area contributed by atoms with Gasteiger partial charge < -0.3 is 10.6 Å². The van der Waals surface area contributed by atoms with Crippen LogP contribution in [0.15, 0.2) is 24.3 Å². The van der Waals surface area contributed by atoms with Gasteiger partial charge in [-0.05, 0) is 49.1 Å². The van der Waals surface area contributed by atoms with E-state index in [1.807, 2.05) is 6.07 Å². The lowest BCUT2D eigenvalue weighted by atomic mass is 9.87. The van der Waals surface area contributed by atoms with Crippen LogP contribution in [0.3, 0.4) is 0 Å². The van der Waals surface area contributed by atoms with Gasteiger partial charge in [-0.15, -0.1) is 0 Å². The van der Waals surface area contributed by atoms with Gasteiger partial charge in [-0.2, -0.15) is 0 Å². The first-order valence-electron chi connectivity index (χ1n) is 8.80. The second-order valence-corrected chi connectivity index (χ2v) is 6.87. The predicted molar refractivity (Wildman–Crippen MR) is 89.8 cm³/mol. The average Bonchev–Trinajstić information content (AvgIpc) is 3.07. The number of carbonyl (C=O) groups is 2. The monoisotopic (exact) mass is 314 g/mol. The van der Waals surface area contributed by atoms with Gasteiger partial charge in [-0.25, -0.2) is 0 Å². The van der Waals surface area contributed by atoms with Crippen LogP contribution in [0.5, 0.6) is 0 Å². The molecule has 124 valence electrons. The highest BCUT2D eigenvalue weighted by molar-refractivity contribution is 5.87. The first-order chi connectivity index (χ1) is 11.1. The Labute approximate surface area is 138 Å². The van der Waals surface area contributed by atoms with Crippen LogP contribution in [0, 0.1) is 5.92 Å². The van der Waals surface area contributed by atoms with E-state index in [4.69, 9.17) is 0 Å². The Balaban J connectivity index is 1.73. The van der Waals surface area contributed by atoms with Gasteiger partial charge in [0.05, 0.1) is 6.04 Å². The van der Waals surface area contributed by atoms with E-state index >= 15 is 0 Å². The van der Waals surface area contributed by atoms with E-state index in [1.165, 1.54) is 18.1 Å². The number of carbonyl (C=O) groups excluding carboxylic acids is 2. The summed E-state index contributed by atoms with van der Waals surface area (Å²) in [5.74, 6) is 0.132. The number of fused-ring (bicyclic) bond motifs is 1. The molecular weight excluding hydrogens is 288 g/mol. The van der Waals surface area contributed by atoms with Crippen molar-refractivity contribution in [2.75, 3.05) is 0 Å². The molecule has 2 aliphatic rings. The van der Waals surface area contributed by atoms with Crippen molar-refractivity contribution in [1.29, 1.82) is 0 Å². The van der Waals surface area contributed by atoms with Crippen LogP contribution in [0.2, 0.25) is 0 Å². The zero-order chi connectivity index (χ0) is 16.2. The van der Waals surface area contributed by atoms with Crippen molar-refractivity contribution in [2.24, 2.45) is 5.92 Å². The summed E-state index contributed by atoms with van der Waals surface area (Å²) < 4.78 is 0. The lowest BCUT2D eigenvalue weighted by molar-refractivity contribution is -0.130. The predicted octanol–water partition coefficient (Wildman–Crippen LogP) is 2.88. The highest BCUT2D eigenvalue weighted by Crippen LogP contribution is 2.31. The summed E-state index contributed by atoms with van der Waals surface area (Å²) in [6.07, 6.45) is 7.51. The van der Waals surface area contributed by atoms with Gasteiger partial charge in [0.25, 0.3) is 0 Å². The Kier molecular flexibility index (Phi) is 4.99. The summed E-state index contributed by atoms with van der Waals surface area (Å²) in [5, 5.41) is 6.09. The molecule has 1 aromatic carbocycles. The minimum Gasteiger partial charge on any atom is -0.347 e. The van der Waals surface area contributed by atoms with Gasteiger partial charge in [-0.3, -0.25) is 9.59 Å². The van der Waals surface area contributed by atoms with Crippen LogP contribution < -0.4 is 10.6 Å². The Morgan fingerprint density at radius 2 is 1.83 bits per heavy atom. The van der Waals surface area contributed by atoms with Crippen LogP contribution in [-0.2, 0) is 16.0 Å². The van der Waals surface area contributed by atoms with E-state index in [-0.39, 0.29) is 29.8 Å². The normalized spacial score (nSPS) is 22.2. The van der Waals surface area contributed by atoms with Gasteiger partial charge in [-0.1, -0.05) is 37.1 Å². The molecule has 4 nitrogen and oxygen atoms in total. The largest absolute Gasteiger partial charge is 0.347 e. The SMILES string of the molecule is CC(=O)NC(C(=O)NC1CCCc2ccccc21)C1CCCC1. The smallest absolute Gasteiger partial charge is 0.243 e. The van der Waals surface area contributed by atoms with Crippen molar-refractivity contribution in [3.05, 3.63) is 35.4 Å². The van der Waals surface area contributed by atoms with Crippen molar-refractivity contribution < 1.29 is 9.59 Å². The molecule has 2 amide bonds. The number of hydrogen-bond donors (Lipinski definition) is 2. The molecule has 4 heteroatoms. The molecule has 3 rings (SSSR count). The van der Waals surface area contributed by atoms with Crippen molar-refractivity contribution in [2.45, 2.75) is 64.0 Å². The van der Waals surface area contributed by atoms with Crippen LogP contribution in [0.4, 0.5) is 0 Å². The zero-order valence-corrected chi connectivity index (χ0v) is 13.8. The van der Waals surface area contributed by atoms with Gasteiger partial charge in [0.15, 0.2) is 0 Å². The Morgan fingerprint density at radius 3 is 2.57 bits per heavy atom. The lowest BCUT2D eigenvalue weighted by Gasteiger charge is -2.30. The maximum atomic E-state index is 12.8. The quantitative estimate of drug-likeness (QED) is 0.898. The molecule has 2 unspecified atom stereocenters. The summed E-state index contributed by atoms with van der Waals surface area (Å²) in [7, 11) is 0. The van der Waals surface area contributed by atoms with Gasteiger partial charge >= 0.3 is 0 Å². The van der Waals surface area contributed by atoms with Crippen molar-refractivity contribution in [3.8, 4) is 0 Å². The summed E-state index contributed by atoms with van der Waals surface area (Å²) in [5.41, 5.74) is 2.57. The molecule has 0 bridgehead atoms. The number of hydrogen-bond acceptors (Lipinski definition) is 2. The highest BCUT2D eigenvalue weighted by Gasteiger charge is 2.33. The second kappa shape index (κ2) is 7.16. The Morgan fingerprint density at radius 1 is 1.09 bits per heavy atom. The summed E-state index contributed by atoms with van der Waals surface area (Å²) in [4.78, 5) is 24.3. The molecule has 0 spiro atoms. The van der Waals surface area contributed by atoms with Crippen LogP contribution in [0.25, 0.3) is 0 Å². The second-order valence-electron chi connectivity index (χ2n) is 6.87. The fourth-order valence-electron chi connectivity index (χ4n) is 4.07. The third-order valence-corrected chi connectivity index (χ3v) is 5.20.